The summed E-state index contributed by atoms with van der Waals surface area (Å²) in [7, 11) is 1.65. The minimum Gasteiger partial charge on any atom is -0.497 e. The fourth-order valence-corrected chi connectivity index (χ4v) is 1.90. The molecule has 3 nitrogen and oxygen atoms in total. The molecule has 0 saturated heterocycles. The molecule has 0 aliphatic heterocycles. The minimum atomic E-state index is 0.347. The molecule has 0 aliphatic carbocycles. The molecule has 2 rings (SSSR count). The third-order valence-corrected chi connectivity index (χ3v) is 3.00. The molecule has 100 valence electrons. The van der Waals surface area contributed by atoms with Gasteiger partial charge in [0.2, 0.25) is 0 Å². The Balaban J connectivity index is 2.05. The number of aromatic nitrogens is 1. The normalized spacial score (nSPS) is 10.3. The molecule has 0 aliphatic rings. The van der Waals surface area contributed by atoms with E-state index < -0.39 is 0 Å². The van der Waals surface area contributed by atoms with Gasteiger partial charge in [-0.25, -0.2) is 0 Å². The minimum absolute atomic E-state index is 0.347. The van der Waals surface area contributed by atoms with Crippen molar-refractivity contribution in [3.05, 3.63) is 53.3 Å². The summed E-state index contributed by atoms with van der Waals surface area (Å²) in [6.45, 7) is 2.42. The highest BCUT2D eigenvalue weighted by Gasteiger charge is 2.05. The van der Waals surface area contributed by atoms with Crippen molar-refractivity contribution in [2.75, 3.05) is 7.11 Å². The van der Waals surface area contributed by atoms with Gasteiger partial charge in [0.25, 0.3) is 0 Å². The van der Waals surface area contributed by atoms with Gasteiger partial charge in [-0.2, -0.15) is 0 Å². The highest BCUT2D eigenvalue weighted by atomic mass is 35.5. The number of pyridine rings is 1. The first-order valence-corrected chi connectivity index (χ1v) is 6.54. The van der Waals surface area contributed by atoms with Gasteiger partial charge < -0.3 is 9.47 Å². The zero-order valence-electron chi connectivity index (χ0n) is 11.0. The Morgan fingerprint density at radius 3 is 2.47 bits per heavy atom. The molecule has 0 saturated carbocycles. The quantitative estimate of drug-likeness (QED) is 0.781. The molecule has 1 heterocycles. The number of hydrogen-bond acceptors (Lipinski definition) is 3. The van der Waals surface area contributed by atoms with Gasteiger partial charge in [-0.1, -0.05) is 12.1 Å². The maximum atomic E-state index is 5.87. The molecule has 0 amide bonds. The molecule has 0 atom stereocenters. The number of benzene rings is 1. The van der Waals surface area contributed by atoms with Crippen molar-refractivity contribution >= 4 is 11.6 Å². The Kier molecular flexibility index (Phi) is 4.63. The van der Waals surface area contributed by atoms with Crippen molar-refractivity contribution in [1.82, 2.24) is 4.98 Å². The maximum absolute atomic E-state index is 5.87. The van der Waals surface area contributed by atoms with Crippen LogP contribution in [-0.4, -0.2) is 12.1 Å². The van der Waals surface area contributed by atoms with E-state index in [2.05, 4.69) is 4.98 Å². The molecule has 2 aromatic rings. The summed E-state index contributed by atoms with van der Waals surface area (Å²) in [4.78, 5) is 4.35. The lowest BCUT2D eigenvalue weighted by atomic mass is 10.2. The van der Waals surface area contributed by atoms with Crippen molar-refractivity contribution in [2.45, 2.75) is 19.4 Å². The second-order valence-corrected chi connectivity index (χ2v) is 4.44. The van der Waals surface area contributed by atoms with Gasteiger partial charge in [0.15, 0.2) is 0 Å². The second kappa shape index (κ2) is 6.43. The first-order chi connectivity index (χ1) is 9.22. The lowest BCUT2D eigenvalue weighted by molar-refractivity contribution is 0.302. The van der Waals surface area contributed by atoms with E-state index in [0.29, 0.717) is 12.5 Å². The van der Waals surface area contributed by atoms with Crippen molar-refractivity contribution in [3.8, 4) is 11.5 Å². The Bertz CT molecular complexity index is 540. The van der Waals surface area contributed by atoms with Crippen LogP contribution >= 0.6 is 11.6 Å². The molecule has 19 heavy (non-hydrogen) atoms. The summed E-state index contributed by atoms with van der Waals surface area (Å²) in [5.41, 5.74) is 2.78. The average Bonchev–Trinajstić information content (AvgIpc) is 2.46. The van der Waals surface area contributed by atoms with Crippen molar-refractivity contribution in [3.63, 3.8) is 0 Å². The molecule has 1 aromatic carbocycles. The van der Waals surface area contributed by atoms with Gasteiger partial charge in [-0.15, -0.1) is 11.6 Å². The van der Waals surface area contributed by atoms with Crippen molar-refractivity contribution in [1.29, 1.82) is 0 Å². The van der Waals surface area contributed by atoms with E-state index >= 15 is 0 Å². The third-order valence-electron chi connectivity index (χ3n) is 2.75. The van der Waals surface area contributed by atoms with Crippen LogP contribution in [0.2, 0.25) is 0 Å². The Hall–Kier alpha value is -1.74. The van der Waals surface area contributed by atoms with E-state index in [1.54, 1.807) is 7.11 Å². The van der Waals surface area contributed by atoms with Crippen LogP contribution < -0.4 is 9.47 Å². The molecule has 0 fully saturated rings. The SMILES string of the molecule is COc1ccc(COc2ccc(C)nc2CCl)cc1. The highest BCUT2D eigenvalue weighted by Crippen LogP contribution is 2.20. The van der Waals surface area contributed by atoms with E-state index in [9.17, 15) is 0 Å². The zero-order valence-corrected chi connectivity index (χ0v) is 11.8. The first-order valence-electron chi connectivity index (χ1n) is 6.01. The smallest absolute Gasteiger partial charge is 0.142 e. The molecular formula is C15H16ClNO2. The van der Waals surface area contributed by atoms with E-state index in [-0.39, 0.29) is 0 Å². The lowest BCUT2D eigenvalue weighted by Gasteiger charge is -2.10. The number of aryl methyl sites for hydroxylation is 1. The Morgan fingerprint density at radius 2 is 1.84 bits per heavy atom. The summed E-state index contributed by atoms with van der Waals surface area (Å²) < 4.78 is 10.9. The van der Waals surface area contributed by atoms with Gasteiger partial charge in [0.1, 0.15) is 18.1 Å². The van der Waals surface area contributed by atoms with Crippen LogP contribution in [0, 0.1) is 6.92 Å². The molecule has 0 N–H and O–H groups in total. The summed E-state index contributed by atoms with van der Waals surface area (Å²) in [5.74, 6) is 1.92. The van der Waals surface area contributed by atoms with E-state index in [0.717, 1.165) is 28.5 Å². The van der Waals surface area contributed by atoms with E-state index in [1.165, 1.54) is 0 Å². The monoisotopic (exact) mass is 277 g/mol. The molecule has 1 aromatic heterocycles. The van der Waals surface area contributed by atoms with Crippen LogP contribution in [0.25, 0.3) is 0 Å². The molecule has 0 unspecified atom stereocenters. The van der Waals surface area contributed by atoms with Crippen LogP contribution in [0.4, 0.5) is 0 Å². The van der Waals surface area contributed by atoms with Gasteiger partial charge in [0.05, 0.1) is 18.7 Å². The van der Waals surface area contributed by atoms with Gasteiger partial charge in [-0.05, 0) is 36.8 Å². The number of nitrogens with zero attached hydrogens (tertiary/aromatic N) is 1. The maximum Gasteiger partial charge on any atom is 0.142 e. The Morgan fingerprint density at radius 1 is 1.11 bits per heavy atom. The average molecular weight is 278 g/mol. The summed E-state index contributed by atoms with van der Waals surface area (Å²) in [5, 5.41) is 0. The van der Waals surface area contributed by atoms with Gasteiger partial charge in [-0.3, -0.25) is 4.98 Å². The second-order valence-electron chi connectivity index (χ2n) is 4.17. The summed E-state index contributed by atoms with van der Waals surface area (Å²) >= 11 is 5.87. The van der Waals surface area contributed by atoms with Crippen LogP contribution in [0.3, 0.4) is 0 Å². The van der Waals surface area contributed by atoms with Crippen LogP contribution in [-0.2, 0) is 12.5 Å². The number of rotatable bonds is 5. The highest BCUT2D eigenvalue weighted by molar-refractivity contribution is 6.17. The largest absolute Gasteiger partial charge is 0.497 e. The van der Waals surface area contributed by atoms with Crippen LogP contribution in [0.15, 0.2) is 36.4 Å². The lowest BCUT2D eigenvalue weighted by Crippen LogP contribution is -2.00. The standard InChI is InChI=1S/C15H16ClNO2/c1-11-3-8-15(14(9-16)17-11)19-10-12-4-6-13(18-2)7-5-12/h3-8H,9-10H2,1-2H3. The zero-order chi connectivity index (χ0) is 13.7. The number of halogens is 1. The molecule has 0 bridgehead atoms. The molecular weight excluding hydrogens is 262 g/mol. The molecule has 0 radical (unpaired) electrons. The van der Waals surface area contributed by atoms with Gasteiger partial charge >= 0.3 is 0 Å². The van der Waals surface area contributed by atoms with E-state index in [1.807, 2.05) is 43.3 Å². The molecule has 0 spiro atoms. The topological polar surface area (TPSA) is 31.4 Å². The number of ether oxygens (including phenoxy) is 2. The Labute approximate surface area is 118 Å². The van der Waals surface area contributed by atoms with Crippen molar-refractivity contribution in [2.24, 2.45) is 0 Å². The van der Waals surface area contributed by atoms with Crippen molar-refractivity contribution < 1.29 is 9.47 Å². The summed E-state index contributed by atoms with van der Waals surface area (Å²) in [6, 6.07) is 11.6. The summed E-state index contributed by atoms with van der Waals surface area (Å²) in [6.07, 6.45) is 0. The molecule has 4 heteroatoms. The van der Waals surface area contributed by atoms with Crippen LogP contribution in [0.1, 0.15) is 17.0 Å². The third kappa shape index (κ3) is 3.61. The first kappa shape index (κ1) is 13.7. The fraction of sp³-hybridized carbons (Fsp3) is 0.267. The number of alkyl halides is 1. The fourth-order valence-electron chi connectivity index (χ4n) is 1.71. The van der Waals surface area contributed by atoms with E-state index in [4.69, 9.17) is 21.1 Å². The predicted molar refractivity (Wildman–Crippen MR) is 75.9 cm³/mol. The predicted octanol–water partition coefficient (Wildman–Crippen LogP) is 3.72. The van der Waals surface area contributed by atoms with Crippen LogP contribution in [0.5, 0.6) is 11.5 Å². The van der Waals surface area contributed by atoms with Gasteiger partial charge in [0, 0.05) is 5.69 Å². The number of methoxy groups -OCH3 is 1. The number of hydrogen-bond donors (Lipinski definition) is 0.